The second-order valence-corrected chi connectivity index (χ2v) is 5.69. The lowest BCUT2D eigenvalue weighted by Crippen LogP contribution is -2.30. The van der Waals surface area contributed by atoms with Crippen molar-refractivity contribution in [2.24, 2.45) is 5.73 Å². The molecule has 0 bridgehead atoms. The molecular formula is C14H16BrN3. The van der Waals surface area contributed by atoms with Gasteiger partial charge in [0.15, 0.2) is 0 Å². The van der Waals surface area contributed by atoms with Crippen molar-refractivity contribution in [1.82, 2.24) is 9.97 Å². The minimum absolute atomic E-state index is 0.211. The molecule has 0 spiro atoms. The number of halogens is 1. The molecule has 0 atom stereocenters. The molecule has 0 fully saturated rings. The molecule has 0 aliphatic heterocycles. The maximum atomic E-state index is 5.77. The summed E-state index contributed by atoms with van der Waals surface area (Å²) >= 11 is 3.54. The van der Waals surface area contributed by atoms with Crippen LogP contribution in [0.15, 0.2) is 41.0 Å². The molecule has 4 heteroatoms. The Morgan fingerprint density at radius 3 is 2.61 bits per heavy atom. The zero-order valence-corrected chi connectivity index (χ0v) is 12.1. The zero-order valence-electron chi connectivity index (χ0n) is 10.5. The molecule has 2 N–H and O–H groups in total. The van der Waals surface area contributed by atoms with Gasteiger partial charge in [0.05, 0.1) is 5.69 Å². The molecule has 2 aromatic rings. The van der Waals surface area contributed by atoms with E-state index in [-0.39, 0.29) is 5.41 Å². The Balaban J connectivity index is 2.49. The van der Waals surface area contributed by atoms with Crippen LogP contribution in [0, 0.1) is 0 Å². The van der Waals surface area contributed by atoms with Crippen molar-refractivity contribution in [2.45, 2.75) is 19.3 Å². The highest BCUT2D eigenvalue weighted by atomic mass is 79.9. The van der Waals surface area contributed by atoms with E-state index in [2.05, 4.69) is 25.9 Å². The Hall–Kier alpha value is -1.26. The Morgan fingerprint density at radius 2 is 1.94 bits per heavy atom. The summed E-state index contributed by atoms with van der Waals surface area (Å²) in [6.07, 6.45) is 1.79. The smallest absolute Gasteiger partial charge is 0.135 e. The predicted molar refractivity (Wildman–Crippen MR) is 77.2 cm³/mol. The summed E-state index contributed by atoms with van der Waals surface area (Å²) in [7, 11) is 0. The third-order valence-corrected chi connectivity index (χ3v) is 3.61. The van der Waals surface area contributed by atoms with Crippen molar-refractivity contribution in [1.29, 1.82) is 0 Å². The van der Waals surface area contributed by atoms with Crippen molar-refractivity contribution in [3.8, 4) is 11.3 Å². The lowest BCUT2D eigenvalue weighted by atomic mass is 9.92. The van der Waals surface area contributed by atoms with Crippen LogP contribution in [-0.4, -0.2) is 16.5 Å². The summed E-state index contributed by atoms with van der Waals surface area (Å²) in [6, 6.07) is 9.93. The minimum atomic E-state index is -0.211. The fourth-order valence-corrected chi connectivity index (χ4v) is 2.08. The van der Waals surface area contributed by atoms with Crippen molar-refractivity contribution in [2.75, 3.05) is 6.54 Å². The van der Waals surface area contributed by atoms with Gasteiger partial charge in [-0.15, -0.1) is 0 Å². The number of hydrogen-bond donors (Lipinski definition) is 1. The molecule has 0 saturated heterocycles. The molecule has 3 nitrogen and oxygen atoms in total. The first-order chi connectivity index (χ1) is 8.54. The molecule has 0 unspecified atom stereocenters. The number of benzene rings is 1. The molecule has 1 aromatic carbocycles. The van der Waals surface area contributed by atoms with Crippen LogP contribution < -0.4 is 5.73 Å². The van der Waals surface area contributed by atoms with E-state index in [9.17, 15) is 0 Å². The Labute approximate surface area is 116 Å². The number of nitrogens with two attached hydrogens (primary N) is 1. The molecule has 18 heavy (non-hydrogen) atoms. The number of rotatable bonds is 3. The summed E-state index contributed by atoms with van der Waals surface area (Å²) in [6.45, 7) is 4.62. The van der Waals surface area contributed by atoms with Gasteiger partial charge in [-0.2, -0.15) is 0 Å². The van der Waals surface area contributed by atoms with Gasteiger partial charge in [0.2, 0.25) is 0 Å². The maximum absolute atomic E-state index is 5.77. The molecule has 1 heterocycles. The Kier molecular flexibility index (Phi) is 3.78. The van der Waals surface area contributed by atoms with Crippen LogP contribution in [0.1, 0.15) is 19.7 Å². The highest BCUT2D eigenvalue weighted by molar-refractivity contribution is 9.10. The quantitative estimate of drug-likeness (QED) is 0.948. The highest BCUT2D eigenvalue weighted by Crippen LogP contribution is 2.27. The summed E-state index contributed by atoms with van der Waals surface area (Å²) in [5.74, 6) is 0.776. The van der Waals surface area contributed by atoms with Crippen LogP contribution in [0.2, 0.25) is 0 Å². The second kappa shape index (κ2) is 5.16. The summed E-state index contributed by atoms with van der Waals surface area (Å²) in [5, 5.41) is 0. The molecule has 0 saturated carbocycles. The van der Waals surface area contributed by atoms with E-state index in [0.29, 0.717) is 6.54 Å². The van der Waals surface area contributed by atoms with Crippen LogP contribution in [0.5, 0.6) is 0 Å². The van der Waals surface area contributed by atoms with Crippen LogP contribution in [0.25, 0.3) is 11.3 Å². The second-order valence-electron chi connectivity index (χ2n) is 4.83. The summed E-state index contributed by atoms with van der Waals surface area (Å²) < 4.78 is 1.03. The third-order valence-electron chi connectivity index (χ3n) is 2.92. The number of aromatic nitrogens is 2. The van der Waals surface area contributed by atoms with Gasteiger partial charge < -0.3 is 5.73 Å². The first-order valence-electron chi connectivity index (χ1n) is 5.83. The van der Waals surface area contributed by atoms with Gasteiger partial charge in [-0.1, -0.05) is 48.0 Å². The number of nitrogens with zero attached hydrogens (tertiary/aromatic N) is 2. The van der Waals surface area contributed by atoms with Gasteiger partial charge in [0.1, 0.15) is 5.82 Å². The van der Waals surface area contributed by atoms with Gasteiger partial charge in [0, 0.05) is 28.2 Å². The molecule has 0 amide bonds. The lowest BCUT2D eigenvalue weighted by Gasteiger charge is -2.20. The molecule has 0 radical (unpaired) electrons. The van der Waals surface area contributed by atoms with Gasteiger partial charge in [-0.25, -0.2) is 9.97 Å². The summed E-state index contributed by atoms with van der Waals surface area (Å²) in [5.41, 5.74) is 7.53. The fourth-order valence-electron chi connectivity index (χ4n) is 1.60. The SMILES string of the molecule is CC(C)(CN)c1nccc(-c2ccccc2Br)n1. The molecule has 0 aliphatic carbocycles. The van der Waals surface area contributed by atoms with Crippen LogP contribution in [0.4, 0.5) is 0 Å². The topological polar surface area (TPSA) is 51.8 Å². The van der Waals surface area contributed by atoms with E-state index in [1.807, 2.05) is 44.2 Å². The van der Waals surface area contributed by atoms with E-state index in [4.69, 9.17) is 5.73 Å². The third kappa shape index (κ3) is 2.60. The molecule has 0 aliphatic rings. The molecule has 94 valence electrons. The zero-order chi connectivity index (χ0) is 13.2. The molecule has 2 rings (SSSR count). The number of hydrogen-bond acceptors (Lipinski definition) is 3. The first-order valence-corrected chi connectivity index (χ1v) is 6.62. The van der Waals surface area contributed by atoms with Crippen molar-refractivity contribution in [3.05, 3.63) is 46.8 Å². The van der Waals surface area contributed by atoms with Crippen LogP contribution in [0.3, 0.4) is 0 Å². The maximum Gasteiger partial charge on any atom is 0.135 e. The standard InChI is InChI=1S/C14H16BrN3/c1-14(2,9-16)13-17-8-7-12(18-13)10-5-3-4-6-11(10)15/h3-8H,9,16H2,1-2H3. The Bertz CT molecular complexity index is 552. The normalized spacial score (nSPS) is 11.6. The lowest BCUT2D eigenvalue weighted by molar-refractivity contribution is 0.503. The monoisotopic (exact) mass is 305 g/mol. The minimum Gasteiger partial charge on any atom is -0.329 e. The largest absolute Gasteiger partial charge is 0.329 e. The van der Waals surface area contributed by atoms with Crippen molar-refractivity contribution >= 4 is 15.9 Å². The van der Waals surface area contributed by atoms with Gasteiger partial charge in [0.25, 0.3) is 0 Å². The van der Waals surface area contributed by atoms with E-state index >= 15 is 0 Å². The Morgan fingerprint density at radius 1 is 1.22 bits per heavy atom. The average Bonchev–Trinajstić information content (AvgIpc) is 2.39. The van der Waals surface area contributed by atoms with Crippen LogP contribution >= 0.6 is 15.9 Å². The molecular weight excluding hydrogens is 290 g/mol. The average molecular weight is 306 g/mol. The highest BCUT2D eigenvalue weighted by Gasteiger charge is 2.22. The molecule has 1 aromatic heterocycles. The van der Waals surface area contributed by atoms with Crippen LogP contribution in [-0.2, 0) is 5.41 Å². The van der Waals surface area contributed by atoms with Gasteiger partial charge >= 0.3 is 0 Å². The van der Waals surface area contributed by atoms with E-state index in [1.165, 1.54) is 0 Å². The predicted octanol–water partition coefficient (Wildman–Crippen LogP) is 3.14. The summed E-state index contributed by atoms with van der Waals surface area (Å²) in [4.78, 5) is 8.96. The van der Waals surface area contributed by atoms with E-state index < -0.39 is 0 Å². The van der Waals surface area contributed by atoms with Crippen molar-refractivity contribution < 1.29 is 0 Å². The van der Waals surface area contributed by atoms with E-state index in [0.717, 1.165) is 21.6 Å². The first kappa shape index (κ1) is 13.2. The van der Waals surface area contributed by atoms with Gasteiger partial charge in [-0.3, -0.25) is 0 Å². The van der Waals surface area contributed by atoms with Crippen molar-refractivity contribution in [3.63, 3.8) is 0 Å². The van der Waals surface area contributed by atoms with Gasteiger partial charge in [-0.05, 0) is 12.1 Å². The van der Waals surface area contributed by atoms with E-state index in [1.54, 1.807) is 6.20 Å². The fraction of sp³-hybridized carbons (Fsp3) is 0.286.